The molecule has 0 radical (unpaired) electrons. The largest absolute Gasteiger partial charge is 0.465 e. The lowest BCUT2D eigenvalue weighted by atomic mass is 9.91. The Bertz CT molecular complexity index is 1200. The van der Waals surface area contributed by atoms with Gasteiger partial charge in [-0.15, -0.1) is 0 Å². The number of benzene rings is 1. The van der Waals surface area contributed by atoms with Crippen LogP contribution in [-0.4, -0.2) is 46.5 Å². The van der Waals surface area contributed by atoms with E-state index in [1.54, 1.807) is 29.7 Å². The number of fused-ring (bicyclic) bond motifs is 1. The number of carbonyl (C=O) groups is 2. The lowest BCUT2D eigenvalue weighted by Gasteiger charge is -2.26. The number of nitrogens with two attached hydrogens (primary N) is 1. The highest BCUT2D eigenvalue weighted by Crippen LogP contribution is 2.31. The average molecular weight is 472 g/mol. The Kier molecular flexibility index (Phi) is 7.06. The van der Waals surface area contributed by atoms with Gasteiger partial charge in [-0.3, -0.25) is 14.0 Å². The summed E-state index contributed by atoms with van der Waals surface area (Å²) in [7, 11) is 0. The Morgan fingerprint density at radius 1 is 1.18 bits per heavy atom. The fraction of sp³-hybridized carbons (Fsp3) is 0.375. The van der Waals surface area contributed by atoms with Crippen LogP contribution in [0.25, 0.3) is 16.9 Å². The lowest BCUT2D eigenvalue weighted by Crippen LogP contribution is -2.40. The van der Waals surface area contributed by atoms with Crippen LogP contribution in [0, 0.1) is 11.6 Å². The van der Waals surface area contributed by atoms with Crippen LogP contribution in [0.5, 0.6) is 0 Å². The second-order valence-corrected chi connectivity index (χ2v) is 8.32. The van der Waals surface area contributed by atoms with E-state index < -0.39 is 17.6 Å². The van der Waals surface area contributed by atoms with E-state index in [9.17, 15) is 18.4 Å². The maximum Gasteiger partial charge on any atom is 0.325 e. The first-order valence-electron chi connectivity index (χ1n) is 11.3. The van der Waals surface area contributed by atoms with Crippen LogP contribution in [0.4, 0.5) is 14.6 Å². The second kappa shape index (κ2) is 10.2. The molecule has 0 atom stereocenters. The summed E-state index contributed by atoms with van der Waals surface area (Å²) in [5, 5.41) is 5.94. The number of anilines is 1. The Morgan fingerprint density at radius 2 is 1.94 bits per heavy atom. The minimum atomic E-state index is -0.669. The Hall–Kier alpha value is -3.53. The van der Waals surface area contributed by atoms with Crippen LogP contribution in [0.1, 0.15) is 43.0 Å². The smallest absolute Gasteiger partial charge is 0.325 e. The first-order chi connectivity index (χ1) is 16.4. The lowest BCUT2D eigenvalue weighted by molar-refractivity contribution is -0.140. The van der Waals surface area contributed by atoms with Crippen LogP contribution in [-0.2, 0) is 9.53 Å². The van der Waals surface area contributed by atoms with Crippen LogP contribution in [0.2, 0.25) is 0 Å². The molecule has 2 aromatic heterocycles. The van der Waals surface area contributed by atoms with Gasteiger partial charge in [-0.25, -0.2) is 13.8 Å². The van der Waals surface area contributed by atoms with Gasteiger partial charge in [-0.2, -0.15) is 0 Å². The number of carbonyl (C=O) groups excluding carboxylic acids is 2. The van der Waals surface area contributed by atoms with Crippen molar-refractivity contribution >= 4 is 23.3 Å². The van der Waals surface area contributed by atoms with Crippen molar-refractivity contribution < 1.29 is 23.1 Å². The molecule has 8 nitrogen and oxygen atoms in total. The number of rotatable bonds is 7. The van der Waals surface area contributed by atoms with Crippen molar-refractivity contribution in [3.63, 3.8) is 0 Å². The molecule has 0 saturated heterocycles. The molecule has 10 heteroatoms. The zero-order valence-electron chi connectivity index (χ0n) is 18.8. The normalized spacial score (nSPS) is 18.0. The summed E-state index contributed by atoms with van der Waals surface area (Å²) in [4.78, 5) is 29.2. The third-order valence-corrected chi connectivity index (χ3v) is 5.88. The highest BCUT2D eigenvalue weighted by atomic mass is 19.1. The number of amides is 1. The minimum Gasteiger partial charge on any atom is -0.465 e. The van der Waals surface area contributed by atoms with Gasteiger partial charge in [0.2, 0.25) is 0 Å². The molecular weight excluding hydrogens is 444 g/mol. The van der Waals surface area contributed by atoms with Crippen LogP contribution >= 0.6 is 0 Å². The van der Waals surface area contributed by atoms with E-state index in [0.29, 0.717) is 11.2 Å². The first kappa shape index (κ1) is 23.6. The number of nitrogens with one attached hydrogen (secondary N) is 2. The summed E-state index contributed by atoms with van der Waals surface area (Å²) in [6, 6.07) is 6.48. The Morgan fingerprint density at radius 3 is 2.68 bits per heavy atom. The zero-order chi connectivity index (χ0) is 24.2. The summed E-state index contributed by atoms with van der Waals surface area (Å²) in [5.41, 5.74) is 6.70. The number of nitrogens with zero attached hydrogens (tertiary/aromatic N) is 2. The molecule has 0 bridgehead atoms. The predicted octanol–water partition coefficient (Wildman–Crippen LogP) is 3.25. The SMILES string of the molecule is CCOC(=O)CNc1c(-c2cc(F)ccc2F)nc2cc(C(=O)NC3CCC(N)CC3)ccn12. The molecule has 1 fully saturated rings. The predicted molar refractivity (Wildman–Crippen MR) is 123 cm³/mol. The molecule has 1 saturated carbocycles. The Balaban J connectivity index is 1.67. The molecule has 1 aromatic carbocycles. The number of aromatic nitrogens is 2. The first-order valence-corrected chi connectivity index (χ1v) is 11.3. The molecule has 3 aromatic rings. The number of halogens is 2. The number of imidazole rings is 1. The second-order valence-electron chi connectivity index (χ2n) is 8.32. The third kappa shape index (κ3) is 5.17. The quantitative estimate of drug-likeness (QED) is 0.456. The summed E-state index contributed by atoms with van der Waals surface area (Å²) < 4.78 is 35.0. The molecule has 0 spiro atoms. The molecule has 34 heavy (non-hydrogen) atoms. The van der Waals surface area contributed by atoms with E-state index in [-0.39, 0.29) is 48.2 Å². The van der Waals surface area contributed by atoms with Gasteiger partial charge >= 0.3 is 5.97 Å². The number of pyridine rings is 1. The third-order valence-electron chi connectivity index (χ3n) is 5.88. The van der Waals surface area contributed by atoms with Gasteiger partial charge < -0.3 is 21.1 Å². The zero-order valence-corrected chi connectivity index (χ0v) is 18.8. The maximum atomic E-state index is 14.6. The average Bonchev–Trinajstić information content (AvgIpc) is 3.18. The standard InChI is InChI=1S/C24H27F2N5O3/c1-2-34-21(32)13-28-23-22(18-12-15(25)3-8-19(18)26)30-20-11-14(9-10-31(20)23)24(33)29-17-6-4-16(27)5-7-17/h3,8-12,16-17,28H,2,4-7,13,27H2,1H3,(H,29,33). The molecule has 180 valence electrons. The van der Waals surface area contributed by atoms with Crippen molar-refractivity contribution in [3.8, 4) is 11.3 Å². The number of hydrogen-bond donors (Lipinski definition) is 3. The molecule has 1 aliphatic rings. The monoisotopic (exact) mass is 471 g/mol. The van der Waals surface area contributed by atoms with Crippen molar-refractivity contribution in [3.05, 3.63) is 53.7 Å². The van der Waals surface area contributed by atoms with E-state index in [4.69, 9.17) is 10.5 Å². The van der Waals surface area contributed by atoms with Gasteiger partial charge in [0.05, 0.1) is 6.61 Å². The van der Waals surface area contributed by atoms with E-state index in [2.05, 4.69) is 15.6 Å². The highest BCUT2D eigenvalue weighted by molar-refractivity contribution is 5.95. The van der Waals surface area contributed by atoms with Gasteiger partial charge in [-0.05, 0) is 62.9 Å². The van der Waals surface area contributed by atoms with E-state index in [1.165, 1.54) is 0 Å². The number of ether oxygens (including phenoxy) is 1. The highest BCUT2D eigenvalue weighted by Gasteiger charge is 2.23. The fourth-order valence-corrected chi connectivity index (χ4v) is 4.12. The summed E-state index contributed by atoms with van der Waals surface area (Å²) in [6.45, 7) is 1.70. The maximum absolute atomic E-state index is 14.6. The number of hydrogen-bond acceptors (Lipinski definition) is 6. The molecule has 1 amide bonds. The van der Waals surface area contributed by atoms with Crippen molar-refractivity contribution in [2.75, 3.05) is 18.5 Å². The van der Waals surface area contributed by atoms with Gasteiger partial charge in [0, 0.05) is 29.4 Å². The van der Waals surface area contributed by atoms with Gasteiger partial charge in [-0.1, -0.05) is 0 Å². The molecule has 2 heterocycles. The fourth-order valence-electron chi connectivity index (χ4n) is 4.12. The topological polar surface area (TPSA) is 111 Å². The number of esters is 1. The van der Waals surface area contributed by atoms with Gasteiger partial charge in [0.25, 0.3) is 5.91 Å². The van der Waals surface area contributed by atoms with Crippen LogP contribution in [0.15, 0.2) is 36.5 Å². The van der Waals surface area contributed by atoms with Crippen molar-refractivity contribution in [2.24, 2.45) is 5.73 Å². The van der Waals surface area contributed by atoms with Crippen molar-refractivity contribution in [1.29, 1.82) is 0 Å². The summed E-state index contributed by atoms with van der Waals surface area (Å²) in [5.74, 6) is -1.77. The van der Waals surface area contributed by atoms with E-state index in [0.717, 1.165) is 43.9 Å². The van der Waals surface area contributed by atoms with Gasteiger partial charge in [0.15, 0.2) is 0 Å². The molecule has 0 unspecified atom stereocenters. The summed E-state index contributed by atoms with van der Waals surface area (Å²) in [6.07, 6.45) is 4.97. The summed E-state index contributed by atoms with van der Waals surface area (Å²) >= 11 is 0. The molecule has 4 N–H and O–H groups in total. The van der Waals surface area contributed by atoms with Crippen molar-refractivity contribution in [1.82, 2.24) is 14.7 Å². The van der Waals surface area contributed by atoms with Crippen LogP contribution in [0.3, 0.4) is 0 Å². The van der Waals surface area contributed by atoms with Gasteiger partial charge in [0.1, 0.15) is 35.3 Å². The van der Waals surface area contributed by atoms with E-state index in [1.807, 2.05) is 0 Å². The molecule has 4 rings (SSSR count). The van der Waals surface area contributed by atoms with Crippen LogP contribution < -0.4 is 16.4 Å². The minimum absolute atomic E-state index is 0.0574. The molecular formula is C24H27F2N5O3. The van der Waals surface area contributed by atoms with E-state index >= 15 is 0 Å². The molecule has 0 aliphatic heterocycles. The van der Waals surface area contributed by atoms with Crippen molar-refractivity contribution in [2.45, 2.75) is 44.7 Å². The molecule has 1 aliphatic carbocycles. The Labute approximate surface area is 195 Å².